The van der Waals surface area contributed by atoms with Crippen molar-refractivity contribution in [2.75, 3.05) is 14.2 Å². The number of hydrogen-bond donors (Lipinski definition) is 1. The zero-order valence-electron chi connectivity index (χ0n) is 9.21. The van der Waals surface area contributed by atoms with Gasteiger partial charge >= 0.3 is 0 Å². The summed E-state index contributed by atoms with van der Waals surface area (Å²) >= 11 is 2.65. The van der Waals surface area contributed by atoms with Gasteiger partial charge in [0.05, 0.1) is 12.0 Å². The van der Waals surface area contributed by atoms with Gasteiger partial charge in [-0.15, -0.1) is 22.7 Å². The summed E-state index contributed by atoms with van der Waals surface area (Å²) in [5, 5.41) is 13.2. The lowest BCUT2D eigenvalue weighted by molar-refractivity contribution is -0.0755. The van der Waals surface area contributed by atoms with Crippen LogP contribution in [0.5, 0.6) is 5.88 Å². The maximum absolute atomic E-state index is 11.8. The molecular formula is C10H10N2O3S2. The van der Waals surface area contributed by atoms with Crippen LogP contribution in [0.1, 0.15) is 9.67 Å². The third kappa shape index (κ3) is 2.31. The first-order valence-corrected chi connectivity index (χ1v) is 6.39. The average Bonchev–Trinajstić information content (AvgIpc) is 2.95. The Labute approximate surface area is 106 Å². The molecule has 1 N–H and O–H groups in total. The summed E-state index contributed by atoms with van der Waals surface area (Å²) in [5.41, 5.74) is 0. The minimum atomic E-state index is -0.412. The van der Waals surface area contributed by atoms with Gasteiger partial charge in [-0.05, 0) is 11.4 Å². The molecule has 0 saturated heterocycles. The number of hydrogen-bond acceptors (Lipinski definition) is 6. The molecule has 2 aromatic heterocycles. The van der Waals surface area contributed by atoms with Crippen LogP contribution in [0.2, 0.25) is 0 Å². The van der Waals surface area contributed by atoms with E-state index in [0.717, 1.165) is 21.3 Å². The third-order valence-corrected chi connectivity index (χ3v) is 4.17. The van der Waals surface area contributed by atoms with Crippen molar-refractivity contribution >= 4 is 28.6 Å². The van der Waals surface area contributed by atoms with Crippen LogP contribution in [-0.2, 0) is 4.84 Å². The molecule has 0 radical (unpaired) electrons. The van der Waals surface area contributed by atoms with E-state index >= 15 is 0 Å². The summed E-state index contributed by atoms with van der Waals surface area (Å²) < 4.78 is 0. The largest absolute Gasteiger partial charge is 0.492 e. The van der Waals surface area contributed by atoms with Crippen LogP contribution in [0.4, 0.5) is 0 Å². The van der Waals surface area contributed by atoms with Crippen LogP contribution < -0.4 is 0 Å². The van der Waals surface area contributed by atoms with E-state index in [2.05, 4.69) is 4.98 Å². The number of carbonyl (C=O) groups excluding carboxylic acids is 1. The zero-order valence-corrected chi connectivity index (χ0v) is 10.8. The average molecular weight is 270 g/mol. The maximum Gasteiger partial charge on any atom is 0.292 e. The highest BCUT2D eigenvalue weighted by molar-refractivity contribution is 7.22. The predicted molar refractivity (Wildman–Crippen MR) is 66.2 cm³/mol. The highest BCUT2D eigenvalue weighted by Crippen LogP contribution is 2.34. The lowest BCUT2D eigenvalue weighted by Crippen LogP contribution is -2.24. The molecule has 0 aromatic carbocycles. The van der Waals surface area contributed by atoms with Gasteiger partial charge in [0.1, 0.15) is 5.01 Å². The third-order valence-electron chi connectivity index (χ3n) is 2.10. The van der Waals surface area contributed by atoms with Crippen LogP contribution in [0.3, 0.4) is 0 Å². The summed E-state index contributed by atoms with van der Waals surface area (Å²) in [7, 11) is 2.86. The van der Waals surface area contributed by atoms with Crippen LogP contribution in [0.25, 0.3) is 9.88 Å². The van der Waals surface area contributed by atoms with E-state index in [1.807, 2.05) is 17.5 Å². The number of amides is 1. The molecule has 0 aliphatic carbocycles. The summed E-state index contributed by atoms with van der Waals surface area (Å²) in [5.74, 6) is -0.669. The van der Waals surface area contributed by atoms with Gasteiger partial charge in [-0.3, -0.25) is 9.63 Å². The lowest BCUT2D eigenvalue weighted by atomic mass is 10.5. The van der Waals surface area contributed by atoms with Crippen molar-refractivity contribution in [1.82, 2.24) is 10.0 Å². The van der Waals surface area contributed by atoms with Crippen molar-refractivity contribution in [3.05, 3.63) is 22.4 Å². The van der Waals surface area contributed by atoms with E-state index < -0.39 is 5.91 Å². The molecule has 7 heteroatoms. The SMILES string of the molecule is CON(C)C(=O)c1sc(-c2cccs2)nc1O. The van der Waals surface area contributed by atoms with Gasteiger partial charge in [-0.25, -0.2) is 10.0 Å². The smallest absolute Gasteiger partial charge is 0.292 e. The number of carbonyl (C=O) groups is 1. The molecule has 2 aromatic rings. The van der Waals surface area contributed by atoms with Crippen LogP contribution in [0, 0.1) is 0 Å². The fourth-order valence-corrected chi connectivity index (χ4v) is 2.91. The molecule has 0 unspecified atom stereocenters. The fourth-order valence-electron chi connectivity index (χ4n) is 1.18. The van der Waals surface area contributed by atoms with Gasteiger partial charge < -0.3 is 5.11 Å². The Hall–Kier alpha value is -1.44. The van der Waals surface area contributed by atoms with Crippen LogP contribution in [-0.4, -0.2) is 35.2 Å². The molecule has 1 amide bonds. The fraction of sp³-hybridized carbons (Fsp3) is 0.200. The second-order valence-corrected chi connectivity index (χ2v) is 5.08. The van der Waals surface area contributed by atoms with Crippen molar-refractivity contribution in [2.45, 2.75) is 0 Å². The van der Waals surface area contributed by atoms with Gasteiger partial charge in [0.2, 0.25) is 5.88 Å². The molecule has 2 heterocycles. The Balaban J connectivity index is 2.34. The minimum absolute atomic E-state index is 0.178. The van der Waals surface area contributed by atoms with Gasteiger partial charge in [0, 0.05) is 7.05 Å². The topological polar surface area (TPSA) is 62.7 Å². The van der Waals surface area contributed by atoms with Crippen LogP contribution in [0.15, 0.2) is 17.5 Å². The van der Waals surface area contributed by atoms with E-state index in [1.54, 1.807) is 0 Å². The Morgan fingerprint density at radius 3 is 2.94 bits per heavy atom. The molecular weight excluding hydrogens is 260 g/mol. The molecule has 0 aliphatic rings. The highest BCUT2D eigenvalue weighted by Gasteiger charge is 2.22. The van der Waals surface area contributed by atoms with Crippen molar-refractivity contribution in [1.29, 1.82) is 0 Å². The second-order valence-electron chi connectivity index (χ2n) is 3.13. The van der Waals surface area contributed by atoms with E-state index in [0.29, 0.717) is 5.01 Å². The Bertz CT molecular complexity index is 522. The van der Waals surface area contributed by atoms with E-state index in [1.165, 1.54) is 25.5 Å². The molecule has 5 nitrogen and oxygen atoms in total. The van der Waals surface area contributed by atoms with E-state index in [4.69, 9.17) is 4.84 Å². The minimum Gasteiger partial charge on any atom is -0.492 e. The number of aromatic nitrogens is 1. The Morgan fingerprint density at radius 2 is 2.35 bits per heavy atom. The number of thiophene rings is 1. The number of rotatable bonds is 3. The van der Waals surface area contributed by atoms with Gasteiger partial charge in [-0.2, -0.15) is 0 Å². The standard InChI is InChI=1S/C10H10N2O3S2/c1-12(15-2)10(14)7-8(13)11-9(17-7)6-4-3-5-16-6/h3-5,13H,1-2H3. The number of hydroxylamine groups is 2. The molecule has 0 aliphatic heterocycles. The van der Waals surface area contributed by atoms with Crippen LogP contribution >= 0.6 is 22.7 Å². The summed E-state index contributed by atoms with van der Waals surface area (Å²) in [6.07, 6.45) is 0. The van der Waals surface area contributed by atoms with Gasteiger partial charge in [0.15, 0.2) is 4.88 Å². The van der Waals surface area contributed by atoms with Gasteiger partial charge in [-0.1, -0.05) is 6.07 Å². The normalized spacial score (nSPS) is 10.5. The number of aromatic hydroxyl groups is 1. The van der Waals surface area contributed by atoms with Crippen molar-refractivity contribution < 1.29 is 14.7 Å². The van der Waals surface area contributed by atoms with E-state index in [9.17, 15) is 9.90 Å². The summed E-state index contributed by atoms with van der Waals surface area (Å²) in [4.78, 5) is 21.6. The second kappa shape index (κ2) is 4.82. The highest BCUT2D eigenvalue weighted by atomic mass is 32.1. The van der Waals surface area contributed by atoms with Crippen molar-refractivity contribution in [3.8, 4) is 15.8 Å². The molecule has 0 bridgehead atoms. The molecule has 90 valence electrons. The maximum atomic E-state index is 11.8. The first kappa shape index (κ1) is 12.0. The lowest BCUT2D eigenvalue weighted by Gasteiger charge is -2.11. The number of nitrogens with zero attached hydrogens (tertiary/aromatic N) is 2. The summed E-state index contributed by atoms with van der Waals surface area (Å²) in [6, 6.07) is 3.78. The molecule has 0 spiro atoms. The predicted octanol–water partition coefficient (Wildman–Crippen LogP) is 2.21. The molecule has 17 heavy (non-hydrogen) atoms. The Kier molecular flexibility index (Phi) is 3.41. The molecule has 0 saturated carbocycles. The summed E-state index contributed by atoms with van der Waals surface area (Å²) in [6.45, 7) is 0. The van der Waals surface area contributed by atoms with Crippen molar-refractivity contribution in [2.24, 2.45) is 0 Å². The molecule has 0 atom stereocenters. The van der Waals surface area contributed by atoms with Gasteiger partial charge in [0.25, 0.3) is 5.91 Å². The first-order chi connectivity index (χ1) is 8.13. The monoisotopic (exact) mass is 270 g/mol. The number of thiazole rings is 1. The quantitative estimate of drug-likeness (QED) is 0.869. The molecule has 0 fully saturated rings. The Morgan fingerprint density at radius 1 is 1.59 bits per heavy atom. The first-order valence-electron chi connectivity index (χ1n) is 4.69. The van der Waals surface area contributed by atoms with E-state index in [-0.39, 0.29) is 10.8 Å². The molecule has 2 rings (SSSR count). The van der Waals surface area contributed by atoms with Crippen molar-refractivity contribution in [3.63, 3.8) is 0 Å². The zero-order chi connectivity index (χ0) is 12.4.